The topological polar surface area (TPSA) is 89.8 Å². The smallest absolute Gasteiger partial charge is 0.258 e. The number of aromatic nitrogens is 2. The molecule has 1 aromatic heterocycles. The second-order valence-corrected chi connectivity index (χ2v) is 8.30. The summed E-state index contributed by atoms with van der Waals surface area (Å²) in [6.07, 6.45) is 0.697. The van der Waals surface area contributed by atoms with Crippen LogP contribution in [0.2, 0.25) is 5.02 Å². The number of carbonyl (C=O) groups excluding carboxylic acids is 1. The number of anilines is 1. The first-order valence-electron chi connectivity index (χ1n) is 10.8. The lowest BCUT2D eigenvalue weighted by Crippen LogP contribution is -2.36. The summed E-state index contributed by atoms with van der Waals surface area (Å²) in [5.41, 5.74) is 5.38. The van der Waals surface area contributed by atoms with Crippen LogP contribution in [0.5, 0.6) is 11.5 Å². The molecule has 180 valence electrons. The highest BCUT2D eigenvalue weighted by molar-refractivity contribution is 6.30. The Hall–Kier alpha value is -3.52. The molecule has 3 aromatic rings. The first-order chi connectivity index (χ1) is 16.2. The van der Waals surface area contributed by atoms with Crippen molar-refractivity contribution >= 4 is 29.2 Å². The Morgan fingerprint density at radius 3 is 2.44 bits per heavy atom. The SMILES string of the molecule is COc1ccc(C(=O)NC(=NCCc2c(C)nn(C)c2C)Nc2ccc(Cl)cc2C)cc1OC. The molecule has 8 nitrogen and oxygen atoms in total. The monoisotopic (exact) mass is 483 g/mol. The predicted molar refractivity (Wildman–Crippen MR) is 136 cm³/mol. The van der Waals surface area contributed by atoms with Gasteiger partial charge in [0.1, 0.15) is 0 Å². The van der Waals surface area contributed by atoms with Gasteiger partial charge in [0.15, 0.2) is 11.5 Å². The molecule has 1 amide bonds. The van der Waals surface area contributed by atoms with Crippen molar-refractivity contribution < 1.29 is 14.3 Å². The van der Waals surface area contributed by atoms with E-state index in [2.05, 4.69) is 20.7 Å². The molecule has 0 atom stereocenters. The first-order valence-corrected chi connectivity index (χ1v) is 11.2. The first kappa shape index (κ1) is 25.1. The van der Waals surface area contributed by atoms with Crippen LogP contribution >= 0.6 is 11.6 Å². The van der Waals surface area contributed by atoms with E-state index in [0.29, 0.717) is 41.0 Å². The third-order valence-corrected chi connectivity index (χ3v) is 5.84. The molecule has 9 heteroatoms. The van der Waals surface area contributed by atoms with Crippen LogP contribution in [0.25, 0.3) is 0 Å². The van der Waals surface area contributed by atoms with Crippen molar-refractivity contribution in [2.24, 2.45) is 12.0 Å². The number of methoxy groups -OCH3 is 2. The quantitative estimate of drug-likeness (QED) is 0.382. The average molecular weight is 484 g/mol. The van der Waals surface area contributed by atoms with Crippen molar-refractivity contribution in [3.63, 3.8) is 0 Å². The molecular formula is C25H30ClN5O3. The number of carbonyl (C=O) groups is 1. The average Bonchev–Trinajstić information content (AvgIpc) is 3.05. The largest absolute Gasteiger partial charge is 0.493 e. The lowest BCUT2D eigenvalue weighted by Gasteiger charge is -2.15. The minimum atomic E-state index is -0.326. The van der Waals surface area contributed by atoms with Crippen LogP contribution in [-0.4, -0.2) is 42.4 Å². The number of nitrogens with zero attached hydrogens (tertiary/aromatic N) is 3. The van der Waals surface area contributed by atoms with Crippen molar-refractivity contribution in [2.75, 3.05) is 26.1 Å². The molecule has 0 aliphatic heterocycles. The summed E-state index contributed by atoms with van der Waals surface area (Å²) in [4.78, 5) is 17.7. The number of aliphatic imine (C=N–C) groups is 1. The Bertz CT molecular complexity index is 1220. The van der Waals surface area contributed by atoms with E-state index >= 15 is 0 Å². The van der Waals surface area contributed by atoms with E-state index in [1.807, 2.05) is 44.6 Å². The summed E-state index contributed by atoms with van der Waals surface area (Å²) < 4.78 is 12.4. The molecule has 0 bridgehead atoms. The second kappa shape index (κ2) is 11.1. The van der Waals surface area contributed by atoms with Gasteiger partial charge in [0.25, 0.3) is 5.91 Å². The molecule has 0 radical (unpaired) electrons. The number of aryl methyl sites for hydroxylation is 3. The molecule has 2 N–H and O–H groups in total. The van der Waals surface area contributed by atoms with Gasteiger partial charge in [-0.2, -0.15) is 5.10 Å². The standard InChI is InChI=1S/C25H30ClN5O3/c1-15-13-19(26)8-9-21(15)28-25(27-12-11-20-16(2)30-31(4)17(20)3)29-24(32)18-7-10-22(33-5)23(14-18)34-6/h7-10,13-14H,11-12H2,1-6H3,(H2,27,28,29,32). The molecular weight excluding hydrogens is 454 g/mol. The maximum Gasteiger partial charge on any atom is 0.258 e. The minimum absolute atomic E-state index is 0.326. The molecule has 0 saturated carbocycles. The normalized spacial score (nSPS) is 11.3. The minimum Gasteiger partial charge on any atom is -0.493 e. The number of halogens is 1. The van der Waals surface area contributed by atoms with Gasteiger partial charge in [0.05, 0.1) is 19.9 Å². The molecule has 0 aliphatic carbocycles. The van der Waals surface area contributed by atoms with Gasteiger partial charge in [-0.1, -0.05) is 11.6 Å². The van der Waals surface area contributed by atoms with Gasteiger partial charge >= 0.3 is 0 Å². The molecule has 1 heterocycles. The van der Waals surface area contributed by atoms with Crippen molar-refractivity contribution in [1.82, 2.24) is 15.1 Å². The maximum atomic E-state index is 13.0. The number of benzene rings is 2. The van der Waals surface area contributed by atoms with Crippen LogP contribution in [0.15, 0.2) is 41.4 Å². The summed E-state index contributed by atoms with van der Waals surface area (Å²) in [6, 6.07) is 10.5. The van der Waals surface area contributed by atoms with Gasteiger partial charge in [0.2, 0.25) is 5.96 Å². The third kappa shape index (κ3) is 5.88. The van der Waals surface area contributed by atoms with Crippen molar-refractivity contribution in [2.45, 2.75) is 27.2 Å². The van der Waals surface area contributed by atoms with E-state index in [1.165, 1.54) is 7.11 Å². The lowest BCUT2D eigenvalue weighted by molar-refractivity contribution is 0.0976. The molecule has 34 heavy (non-hydrogen) atoms. The third-order valence-electron chi connectivity index (χ3n) is 5.61. The van der Waals surface area contributed by atoms with Crippen LogP contribution in [0.1, 0.15) is 32.9 Å². The Balaban J connectivity index is 1.84. The number of guanidine groups is 1. The fraction of sp³-hybridized carbons (Fsp3) is 0.320. The maximum absolute atomic E-state index is 13.0. The molecule has 3 rings (SSSR count). The lowest BCUT2D eigenvalue weighted by atomic mass is 10.1. The number of ether oxygens (including phenoxy) is 2. The highest BCUT2D eigenvalue weighted by atomic mass is 35.5. The van der Waals surface area contributed by atoms with Crippen LogP contribution < -0.4 is 20.1 Å². The molecule has 2 aromatic carbocycles. The molecule has 0 spiro atoms. The van der Waals surface area contributed by atoms with Gasteiger partial charge in [-0.15, -0.1) is 0 Å². The van der Waals surface area contributed by atoms with E-state index in [1.54, 1.807) is 31.4 Å². The van der Waals surface area contributed by atoms with Gasteiger partial charge in [-0.25, -0.2) is 0 Å². The second-order valence-electron chi connectivity index (χ2n) is 7.86. The number of nitrogens with one attached hydrogen (secondary N) is 2. The van der Waals surface area contributed by atoms with Gasteiger partial charge in [-0.05, 0) is 74.7 Å². The molecule has 0 unspecified atom stereocenters. The van der Waals surface area contributed by atoms with Gasteiger partial charge in [0, 0.05) is 35.6 Å². The molecule has 0 aliphatic rings. The number of hydrogen-bond donors (Lipinski definition) is 2. The number of amides is 1. The highest BCUT2D eigenvalue weighted by Crippen LogP contribution is 2.27. The summed E-state index contributed by atoms with van der Waals surface area (Å²) >= 11 is 6.10. The Morgan fingerprint density at radius 2 is 1.82 bits per heavy atom. The van der Waals surface area contributed by atoms with E-state index in [4.69, 9.17) is 21.1 Å². The summed E-state index contributed by atoms with van der Waals surface area (Å²) in [6.45, 7) is 6.42. The van der Waals surface area contributed by atoms with E-state index in [9.17, 15) is 4.79 Å². The van der Waals surface area contributed by atoms with Gasteiger partial charge in [-0.3, -0.25) is 19.8 Å². The Labute approximate surface area is 204 Å². The van der Waals surface area contributed by atoms with Crippen LogP contribution in [-0.2, 0) is 13.5 Å². The molecule has 0 saturated heterocycles. The number of rotatable bonds is 7. The van der Waals surface area contributed by atoms with Gasteiger partial charge < -0.3 is 14.8 Å². The zero-order valence-electron chi connectivity index (χ0n) is 20.3. The fourth-order valence-corrected chi connectivity index (χ4v) is 3.85. The van der Waals surface area contributed by atoms with E-state index in [0.717, 1.165) is 28.2 Å². The number of hydrogen-bond acceptors (Lipinski definition) is 5. The summed E-state index contributed by atoms with van der Waals surface area (Å²) in [7, 11) is 5.00. The van der Waals surface area contributed by atoms with Crippen molar-refractivity contribution in [1.29, 1.82) is 0 Å². The van der Waals surface area contributed by atoms with Crippen LogP contribution in [0.4, 0.5) is 5.69 Å². The Morgan fingerprint density at radius 1 is 1.09 bits per heavy atom. The fourth-order valence-electron chi connectivity index (χ4n) is 3.62. The van der Waals surface area contributed by atoms with Crippen molar-refractivity contribution in [3.05, 3.63) is 69.5 Å². The van der Waals surface area contributed by atoms with Crippen LogP contribution in [0, 0.1) is 20.8 Å². The van der Waals surface area contributed by atoms with E-state index in [-0.39, 0.29) is 5.91 Å². The summed E-state index contributed by atoms with van der Waals surface area (Å²) in [5, 5.41) is 11.2. The Kier molecular flexibility index (Phi) is 8.17. The zero-order chi connectivity index (χ0) is 24.8. The highest BCUT2D eigenvalue weighted by Gasteiger charge is 2.14. The van der Waals surface area contributed by atoms with Crippen molar-refractivity contribution in [3.8, 4) is 11.5 Å². The predicted octanol–water partition coefficient (Wildman–Crippen LogP) is 4.46. The molecule has 0 fully saturated rings. The van der Waals surface area contributed by atoms with Crippen LogP contribution in [0.3, 0.4) is 0 Å². The summed E-state index contributed by atoms with van der Waals surface area (Å²) in [5.74, 6) is 1.03. The van der Waals surface area contributed by atoms with E-state index < -0.39 is 0 Å². The zero-order valence-corrected chi connectivity index (χ0v) is 21.1.